The fourth-order valence-electron chi connectivity index (χ4n) is 1.75. The third kappa shape index (κ3) is 7.02. The predicted molar refractivity (Wildman–Crippen MR) is 73.7 cm³/mol. The SMILES string of the molecule is CCC(C)(CCC(F)(F)F)NC(=O)OCc1ccccc1. The molecule has 1 unspecified atom stereocenters. The van der Waals surface area contributed by atoms with Gasteiger partial charge in [0.25, 0.3) is 0 Å². The zero-order valence-corrected chi connectivity index (χ0v) is 12.2. The zero-order chi connectivity index (χ0) is 15.9. The van der Waals surface area contributed by atoms with Gasteiger partial charge in [0.05, 0.1) is 0 Å². The summed E-state index contributed by atoms with van der Waals surface area (Å²) in [5.41, 5.74) is -0.107. The molecule has 0 bridgehead atoms. The molecule has 0 aliphatic rings. The fourth-order valence-corrected chi connectivity index (χ4v) is 1.75. The molecule has 118 valence electrons. The molecule has 1 amide bonds. The molecule has 0 spiro atoms. The number of amides is 1. The van der Waals surface area contributed by atoms with Crippen LogP contribution in [-0.2, 0) is 11.3 Å². The van der Waals surface area contributed by atoms with Crippen molar-refractivity contribution in [3.8, 4) is 0 Å². The number of ether oxygens (including phenoxy) is 1. The van der Waals surface area contributed by atoms with Crippen molar-refractivity contribution >= 4 is 6.09 Å². The maximum Gasteiger partial charge on any atom is 0.407 e. The summed E-state index contributed by atoms with van der Waals surface area (Å²) < 4.78 is 41.9. The number of hydrogen-bond donors (Lipinski definition) is 1. The van der Waals surface area contributed by atoms with Crippen LogP contribution in [0.15, 0.2) is 30.3 Å². The van der Waals surface area contributed by atoms with Crippen LogP contribution >= 0.6 is 0 Å². The Balaban J connectivity index is 2.46. The van der Waals surface area contributed by atoms with E-state index in [1.807, 2.05) is 18.2 Å². The van der Waals surface area contributed by atoms with Crippen LogP contribution in [0, 0.1) is 0 Å². The summed E-state index contributed by atoms with van der Waals surface area (Å²) >= 11 is 0. The normalized spacial score (nSPS) is 14.3. The van der Waals surface area contributed by atoms with Gasteiger partial charge in [-0.05, 0) is 25.3 Å². The lowest BCUT2D eigenvalue weighted by atomic mass is 9.93. The maximum absolute atomic E-state index is 12.3. The van der Waals surface area contributed by atoms with Crippen LogP contribution in [0.25, 0.3) is 0 Å². The Hall–Kier alpha value is -1.72. The minimum absolute atomic E-state index is 0.0890. The number of hydrogen-bond acceptors (Lipinski definition) is 2. The molecule has 0 aromatic heterocycles. The van der Waals surface area contributed by atoms with E-state index in [4.69, 9.17) is 4.74 Å². The third-order valence-corrected chi connectivity index (χ3v) is 3.36. The summed E-state index contributed by atoms with van der Waals surface area (Å²) in [5, 5.41) is 2.52. The predicted octanol–water partition coefficient (Wildman–Crippen LogP) is 4.42. The molecular weight excluding hydrogens is 283 g/mol. The highest BCUT2D eigenvalue weighted by molar-refractivity contribution is 5.68. The second kappa shape index (κ2) is 7.33. The largest absolute Gasteiger partial charge is 0.445 e. The monoisotopic (exact) mass is 303 g/mol. The Morgan fingerprint density at radius 3 is 2.33 bits per heavy atom. The Bertz CT molecular complexity index is 448. The summed E-state index contributed by atoms with van der Waals surface area (Å²) in [6.45, 7) is 3.40. The van der Waals surface area contributed by atoms with E-state index in [2.05, 4.69) is 5.32 Å². The van der Waals surface area contributed by atoms with Crippen molar-refractivity contribution in [2.75, 3.05) is 0 Å². The van der Waals surface area contributed by atoms with E-state index in [1.165, 1.54) is 0 Å². The molecule has 6 heteroatoms. The third-order valence-electron chi connectivity index (χ3n) is 3.36. The van der Waals surface area contributed by atoms with Gasteiger partial charge in [0.1, 0.15) is 6.61 Å². The highest BCUT2D eigenvalue weighted by Crippen LogP contribution is 2.27. The summed E-state index contributed by atoms with van der Waals surface area (Å²) in [7, 11) is 0. The van der Waals surface area contributed by atoms with Gasteiger partial charge in [-0.25, -0.2) is 4.79 Å². The van der Waals surface area contributed by atoms with E-state index in [0.29, 0.717) is 6.42 Å². The average molecular weight is 303 g/mol. The molecule has 1 atom stereocenters. The van der Waals surface area contributed by atoms with Crippen LogP contribution in [0.4, 0.5) is 18.0 Å². The summed E-state index contributed by atoms with van der Waals surface area (Å²) in [4.78, 5) is 11.7. The zero-order valence-electron chi connectivity index (χ0n) is 12.2. The lowest BCUT2D eigenvalue weighted by Crippen LogP contribution is -2.46. The summed E-state index contributed by atoms with van der Waals surface area (Å²) in [5.74, 6) is 0. The quantitative estimate of drug-likeness (QED) is 0.844. The van der Waals surface area contributed by atoms with Crippen molar-refractivity contribution in [3.05, 3.63) is 35.9 Å². The van der Waals surface area contributed by atoms with Crippen LogP contribution in [0.2, 0.25) is 0 Å². The molecule has 0 heterocycles. The Morgan fingerprint density at radius 1 is 1.19 bits per heavy atom. The first-order valence-electron chi connectivity index (χ1n) is 6.80. The highest BCUT2D eigenvalue weighted by Gasteiger charge is 2.33. The van der Waals surface area contributed by atoms with Gasteiger partial charge in [-0.2, -0.15) is 13.2 Å². The van der Waals surface area contributed by atoms with Crippen LogP contribution in [0.1, 0.15) is 38.7 Å². The lowest BCUT2D eigenvalue weighted by Gasteiger charge is -2.29. The van der Waals surface area contributed by atoms with Gasteiger partial charge in [-0.3, -0.25) is 0 Å². The maximum atomic E-state index is 12.3. The minimum Gasteiger partial charge on any atom is -0.445 e. The molecule has 3 nitrogen and oxygen atoms in total. The van der Waals surface area contributed by atoms with Gasteiger partial charge < -0.3 is 10.1 Å². The van der Waals surface area contributed by atoms with E-state index in [0.717, 1.165) is 5.56 Å². The first-order chi connectivity index (χ1) is 9.74. The van der Waals surface area contributed by atoms with Gasteiger partial charge in [0, 0.05) is 12.0 Å². The van der Waals surface area contributed by atoms with Gasteiger partial charge in [0.2, 0.25) is 0 Å². The van der Waals surface area contributed by atoms with E-state index in [1.54, 1.807) is 26.0 Å². The number of benzene rings is 1. The van der Waals surface area contributed by atoms with Crippen LogP contribution in [0.5, 0.6) is 0 Å². The van der Waals surface area contributed by atoms with Crippen molar-refractivity contribution < 1.29 is 22.7 Å². The smallest absolute Gasteiger partial charge is 0.407 e. The van der Waals surface area contributed by atoms with Gasteiger partial charge in [0.15, 0.2) is 0 Å². The molecule has 1 aromatic carbocycles. The topological polar surface area (TPSA) is 38.3 Å². The van der Waals surface area contributed by atoms with Crippen molar-refractivity contribution in [1.82, 2.24) is 5.32 Å². The van der Waals surface area contributed by atoms with Crippen molar-refractivity contribution in [1.29, 1.82) is 0 Å². The Labute approximate surface area is 122 Å². The Kier molecular flexibility index (Phi) is 6.05. The molecule has 21 heavy (non-hydrogen) atoms. The number of halogens is 3. The second-order valence-corrected chi connectivity index (χ2v) is 5.22. The molecular formula is C15H20F3NO2. The fraction of sp³-hybridized carbons (Fsp3) is 0.533. The standard InChI is InChI=1S/C15H20F3NO2/c1-3-14(2,9-10-15(16,17)18)19-13(20)21-11-12-7-5-4-6-8-12/h4-8H,3,9-11H2,1-2H3,(H,19,20). The molecule has 0 saturated heterocycles. The van der Waals surface area contributed by atoms with Crippen LogP contribution < -0.4 is 5.32 Å². The molecule has 0 saturated carbocycles. The minimum atomic E-state index is -4.23. The molecule has 0 radical (unpaired) electrons. The number of alkyl halides is 3. The Morgan fingerprint density at radius 2 is 1.81 bits per heavy atom. The molecule has 0 fully saturated rings. The van der Waals surface area contributed by atoms with Crippen molar-refractivity contribution in [2.45, 2.75) is 51.4 Å². The van der Waals surface area contributed by atoms with E-state index >= 15 is 0 Å². The number of alkyl carbamates (subject to hydrolysis) is 1. The number of nitrogens with one attached hydrogen (secondary N) is 1. The van der Waals surface area contributed by atoms with Crippen LogP contribution in [0.3, 0.4) is 0 Å². The first kappa shape index (κ1) is 17.3. The van der Waals surface area contributed by atoms with Crippen molar-refractivity contribution in [3.63, 3.8) is 0 Å². The molecule has 0 aliphatic heterocycles. The average Bonchev–Trinajstić information content (AvgIpc) is 2.43. The molecule has 0 aliphatic carbocycles. The number of carbonyl (C=O) groups is 1. The molecule has 1 aromatic rings. The second-order valence-electron chi connectivity index (χ2n) is 5.22. The van der Waals surface area contributed by atoms with Gasteiger partial charge >= 0.3 is 12.3 Å². The van der Waals surface area contributed by atoms with Gasteiger partial charge in [-0.1, -0.05) is 37.3 Å². The number of rotatable bonds is 6. The lowest BCUT2D eigenvalue weighted by molar-refractivity contribution is -0.138. The van der Waals surface area contributed by atoms with Crippen molar-refractivity contribution in [2.24, 2.45) is 0 Å². The van der Waals surface area contributed by atoms with Crippen LogP contribution in [-0.4, -0.2) is 17.8 Å². The molecule has 1 N–H and O–H groups in total. The summed E-state index contributed by atoms with van der Waals surface area (Å²) in [6.07, 6.45) is -5.65. The highest BCUT2D eigenvalue weighted by atomic mass is 19.4. The van der Waals surface area contributed by atoms with E-state index in [9.17, 15) is 18.0 Å². The van der Waals surface area contributed by atoms with E-state index < -0.39 is 24.2 Å². The van der Waals surface area contributed by atoms with E-state index in [-0.39, 0.29) is 13.0 Å². The summed E-state index contributed by atoms with van der Waals surface area (Å²) in [6, 6.07) is 9.08. The number of carbonyl (C=O) groups excluding carboxylic acids is 1. The first-order valence-corrected chi connectivity index (χ1v) is 6.80. The molecule has 1 rings (SSSR count). The van der Waals surface area contributed by atoms with Gasteiger partial charge in [-0.15, -0.1) is 0 Å².